The van der Waals surface area contributed by atoms with Gasteiger partial charge in [0, 0.05) is 30.2 Å². The first kappa shape index (κ1) is 12.9. The van der Waals surface area contributed by atoms with Gasteiger partial charge in [-0.05, 0) is 36.1 Å². The summed E-state index contributed by atoms with van der Waals surface area (Å²) in [7, 11) is 0. The molecule has 94 valence electrons. The van der Waals surface area contributed by atoms with Crippen molar-refractivity contribution in [3.05, 3.63) is 30.1 Å². The molecule has 1 aliphatic rings. The molecule has 2 rings (SSSR count). The topological polar surface area (TPSA) is 24.9 Å². The van der Waals surface area contributed by atoms with Crippen LogP contribution in [0.1, 0.15) is 38.8 Å². The first-order valence-electron chi connectivity index (χ1n) is 6.33. The third-order valence-corrected chi connectivity index (χ3v) is 4.82. The van der Waals surface area contributed by atoms with Crippen LogP contribution in [0.4, 0.5) is 0 Å². The van der Waals surface area contributed by atoms with E-state index in [2.05, 4.69) is 48.9 Å². The number of pyridine rings is 1. The van der Waals surface area contributed by atoms with Gasteiger partial charge < -0.3 is 5.32 Å². The van der Waals surface area contributed by atoms with Crippen molar-refractivity contribution in [1.82, 2.24) is 10.3 Å². The molecule has 1 aliphatic heterocycles. The van der Waals surface area contributed by atoms with Gasteiger partial charge in [0.25, 0.3) is 0 Å². The summed E-state index contributed by atoms with van der Waals surface area (Å²) in [6.45, 7) is 6.98. The third kappa shape index (κ3) is 3.23. The highest BCUT2D eigenvalue weighted by Crippen LogP contribution is 2.35. The van der Waals surface area contributed by atoms with Gasteiger partial charge in [-0.2, -0.15) is 11.8 Å². The zero-order chi connectivity index (χ0) is 12.3. The monoisotopic (exact) mass is 250 g/mol. The lowest BCUT2D eigenvalue weighted by molar-refractivity contribution is 0.232. The molecule has 17 heavy (non-hydrogen) atoms. The lowest BCUT2D eigenvalue weighted by Gasteiger charge is -2.40. The van der Waals surface area contributed by atoms with Crippen molar-refractivity contribution in [3.8, 4) is 0 Å². The second kappa shape index (κ2) is 5.40. The largest absolute Gasteiger partial charge is 0.306 e. The van der Waals surface area contributed by atoms with Gasteiger partial charge >= 0.3 is 0 Å². The lowest BCUT2D eigenvalue weighted by Crippen LogP contribution is -2.47. The van der Waals surface area contributed by atoms with Gasteiger partial charge in [-0.15, -0.1) is 0 Å². The van der Waals surface area contributed by atoms with E-state index in [-0.39, 0.29) is 0 Å². The minimum atomic E-state index is 0.381. The van der Waals surface area contributed by atoms with E-state index in [1.54, 1.807) is 0 Å². The Morgan fingerprint density at radius 2 is 2.35 bits per heavy atom. The van der Waals surface area contributed by atoms with Gasteiger partial charge in [0.2, 0.25) is 0 Å². The molecule has 1 N–H and O–H groups in total. The number of nitrogens with zero attached hydrogens (tertiary/aromatic N) is 1. The molecule has 0 aliphatic carbocycles. The summed E-state index contributed by atoms with van der Waals surface area (Å²) >= 11 is 2.06. The summed E-state index contributed by atoms with van der Waals surface area (Å²) in [6.07, 6.45) is 5.09. The molecule has 0 radical (unpaired) electrons. The van der Waals surface area contributed by atoms with E-state index in [1.165, 1.54) is 23.5 Å². The van der Waals surface area contributed by atoms with Crippen molar-refractivity contribution in [2.45, 2.75) is 39.3 Å². The number of hydrogen-bond donors (Lipinski definition) is 1. The Morgan fingerprint density at radius 3 is 3.00 bits per heavy atom. The summed E-state index contributed by atoms with van der Waals surface area (Å²) in [6, 6.07) is 5.13. The standard InChI is InChI=1S/C14H22N2S/c1-11(12-5-4-7-15-9-12)16-13-10-17-8-6-14(13,2)3/h4-5,7,9,11,13,16H,6,8,10H2,1-3H3/t11-,13?/m0/s1. The molecule has 1 saturated heterocycles. The number of thioether (sulfide) groups is 1. The van der Waals surface area contributed by atoms with Crippen LogP contribution in [0.5, 0.6) is 0 Å². The maximum Gasteiger partial charge on any atom is 0.0315 e. The van der Waals surface area contributed by atoms with Gasteiger partial charge in [-0.25, -0.2) is 0 Å². The minimum Gasteiger partial charge on any atom is -0.306 e. The zero-order valence-corrected chi connectivity index (χ0v) is 11.8. The summed E-state index contributed by atoms with van der Waals surface area (Å²) in [4.78, 5) is 4.19. The van der Waals surface area contributed by atoms with Crippen LogP contribution in [-0.4, -0.2) is 22.5 Å². The van der Waals surface area contributed by atoms with Gasteiger partial charge in [0.05, 0.1) is 0 Å². The minimum absolute atomic E-state index is 0.381. The fraction of sp³-hybridized carbons (Fsp3) is 0.643. The van der Waals surface area contributed by atoms with Crippen LogP contribution in [0.25, 0.3) is 0 Å². The molecule has 1 fully saturated rings. The molecular weight excluding hydrogens is 228 g/mol. The molecule has 2 nitrogen and oxygen atoms in total. The van der Waals surface area contributed by atoms with E-state index < -0.39 is 0 Å². The lowest BCUT2D eigenvalue weighted by atomic mass is 9.82. The first-order chi connectivity index (χ1) is 8.09. The Labute approximate surface area is 109 Å². The normalized spacial score (nSPS) is 25.5. The van der Waals surface area contributed by atoms with Crippen molar-refractivity contribution in [2.75, 3.05) is 11.5 Å². The summed E-state index contributed by atoms with van der Waals surface area (Å²) in [5.74, 6) is 2.52. The fourth-order valence-electron chi connectivity index (χ4n) is 2.24. The van der Waals surface area contributed by atoms with Crippen molar-refractivity contribution < 1.29 is 0 Å². The molecule has 0 aromatic carbocycles. The van der Waals surface area contributed by atoms with Crippen LogP contribution in [0.3, 0.4) is 0 Å². The first-order valence-corrected chi connectivity index (χ1v) is 7.49. The fourth-order valence-corrected chi connectivity index (χ4v) is 3.86. The Bertz CT molecular complexity index is 350. The Morgan fingerprint density at radius 1 is 1.53 bits per heavy atom. The second-order valence-corrected chi connectivity index (χ2v) is 6.69. The molecule has 0 spiro atoms. The van der Waals surface area contributed by atoms with Crippen molar-refractivity contribution in [3.63, 3.8) is 0 Å². The molecule has 1 unspecified atom stereocenters. The Balaban J connectivity index is 2.00. The highest BCUT2D eigenvalue weighted by Gasteiger charge is 2.33. The van der Waals surface area contributed by atoms with Crippen molar-refractivity contribution in [1.29, 1.82) is 0 Å². The van der Waals surface area contributed by atoms with E-state index in [9.17, 15) is 0 Å². The predicted molar refractivity (Wildman–Crippen MR) is 75.3 cm³/mol. The van der Waals surface area contributed by atoms with Crippen molar-refractivity contribution in [2.24, 2.45) is 5.41 Å². The summed E-state index contributed by atoms with van der Waals surface area (Å²) in [5.41, 5.74) is 1.68. The van der Waals surface area contributed by atoms with Crippen LogP contribution in [0.15, 0.2) is 24.5 Å². The van der Waals surface area contributed by atoms with E-state index in [0.717, 1.165) is 0 Å². The second-order valence-electron chi connectivity index (χ2n) is 5.54. The van der Waals surface area contributed by atoms with Gasteiger partial charge in [-0.3, -0.25) is 4.98 Å². The summed E-state index contributed by atoms with van der Waals surface area (Å²) < 4.78 is 0. The molecule has 2 heterocycles. The molecule has 1 aromatic heterocycles. The van der Waals surface area contributed by atoms with Crippen LogP contribution < -0.4 is 5.32 Å². The molecule has 3 heteroatoms. The summed E-state index contributed by atoms with van der Waals surface area (Å²) in [5, 5.41) is 3.76. The average molecular weight is 250 g/mol. The van der Waals surface area contributed by atoms with Crippen molar-refractivity contribution >= 4 is 11.8 Å². The van der Waals surface area contributed by atoms with Crippen LogP contribution in [0, 0.1) is 5.41 Å². The highest BCUT2D eigenvalue weighted by atomic mass is 32.2. The zero-order valence-electron chi connectivity index (χ0n) is 10.9. The smallest absolute Gasteiger partial charge is 0.0315 e. The van der Waals surface area contributed by atoms with E-state index in [1.807, 2.05) is 18.5 Å². The van der Waals surface area contributed by atoms with Crippen LogP contribution >= 0.6 is 11.8 Å². The molecule has 1 aromatic rings. The maximum absolute atomic E-state index is 4.19. The molecule has 0 amide bonds. The average Bonchev–Trinajstić information content (AvgIpc) is 2.33. The Kier molecular flexibility index (Phi) is 4.10. The quantitative estimate of drug-likeness (QED) is 0.891. The molecule has 0 saturated carbocycles. The van der Waals surface area contributed by atoms with Gasteiger partial charge in [0.15, 0.2) is 0 Å². The van der Waals surface area contributed by atoms with Crippen LogP contribution in [-0.2, 0) is 0 Å². The maximum atomic E-state index is 4.19. The van der Waals surface area contributed by atoms with E-state index in [0.29, 0.717) is 17.5 Å². The molecule has 2 atom stereocenters. The van der Waals surface area contributed by atoms with E-state index in [4.69, 9.17) is 0 Å². The number of aromatic nitrogens is 1. The third-order valence-electron chi connectivity index (χ3n) is 3.75. The van der Waals surface area contributed by atoms with Crippen LogP contribution in [0.2, 0.25) is 0 Å². The molecule has 0 bridgehead atoms. The number of rotatable bonds is 3. The number of nitrogens with one attached hydrogen (secondary N) is 1. The Hall–Kier alpha value is -0.540. The van der Waals surface area contributed by atoms with Gasteiger partial charge in [-0.1, -0.05) is 19.9 Å². The highest BCUT2D eigenvalue weighted by molar-refractivity contribution is 7.99. The SMILES string of the molecule is C[C@H](NC1CSCCC1(C)C)c1cccnc1. The predicted octanol–water partition coefficient (Wildman–Crippen LogP) is 3.26. The van der Waals surface area contributed by atoms with Gasteiger partial charge in [0.1, 0.15) is 0 Å². The molecular formula is C14H22N2S. The van der Waals surface area contributed by atoms with E-state index >= 15 is 0 Å². The number of hydrogen-bond acceptors (Lipinski definition) is 3.